The summed E-state index contributed by atoms with van der Waals surface area (Å²) < 4.78 is 13.8. The molecule has 3 N–H and O–H groups in total. The van der Waals surface area contributed by atoms with Crippen molar-refractivity contribution >= 4 is 11.9 Å². The van der Waals surface area contributed by atoms with Gasteiger partial charge in [-0.2, -0.15) is 0 Å². The highest BCUT2D eigenvalue weighted by Gasteiger charge is 2.34. The molecule has 6 nitrogen and oxygen atoms in total. The fraction of sp³-hybridized carbons (Fsp3) is 0.333. The number of nitrogens with two attached hydrogens (primary N) is 1. The third-order valence-electron chi connectivity index (χ3n) is 4.01. The number of nitrogens with zero attached hydrogens (tertiary/aromatic N) is 3. The Bertz CT molecular complexity index is 676. The molecule has 114 valence electrons. The molecule has 1 amide bonds. The van der Waals surface area contributed by atoms with Crippen LogP contribution in [0, 0.1) is 11.7 Å². The highest BCUT2D eigenvalue weighted by molar-refractivity contribution is 5.92. The Morgan fingerprint density at radius 3 is 2.68 bits per heavy atom. The van der Waals surface area contributed by atoms with Crippen molar-refractivity contribution in [1.29, 1.82) is 0 Å². The molecule has 1 saturated carbocycles. The monoisotopic (exact) mass is 301 g/mol. The van der Waals surface area contributed by atoms with Crippen LogP contribution in [-0.2, 0) is 0 Å². The number of carbonyl (C=O) groups excluding carboxylic acids is 1. The van der Waals surface area contributed by atoms with Crippen LogP contribution in [0.25, 0.3) is 0 Å². The van der Waals surface area contributed by atoms with Gasteiger partial charge in [-0.25, -0.2) is 14.4 Å². The number of carbonyl (C=O) groups is 1. The summed E-state index contributed by atoms with van der Waals surface area (Å²) in [5.74, 6) is 0.0371. The van der Waals surface area contributed by atoms with E-state index in [0.717, 1.165) is 12.8 Å². The van der Waals surface area contributed by atoms with Crippen molar-refractivity contribution in [3.05, 3.63) is 47.8 Å². The molecule has 0 radical (unpaired) electrons. The summed E-state index contributed by atoms with van der Waals surface area (Å²) in [7, 11) is 0. The smallest absolute Gasteiger partial charge is 0.251 e. The van der Waals surface area contributed by atoms with Gasteiger partial charge in [-0.1, -0.05) is 0 Å². The van der Waals surface area contributed by atoms with Crippen molar-refractivity contribution in [3.63, 3.8) is 0 Å². The van der Waals surface area contributed by atoms with Crippen LogP contribution in [0.15, 0.2) is 30.7 Å². The van der Waals surface area contributed by atoms with Crippen molar-refractivity contribution < 1.29 is 9.18 Å². The number of nitrogens with one attached hydrogen (secondary N) is 1. The number of aromatic nitrogens is 3. The normalized spacial score (nSPS) is 20.2. The topological polar surface area (TPSA) is 93.8 Å². The first-order valence-corrected chi connectivity index (χ1v) is 7.11. The Labute approximate surface area is 127 Å². The molecule has 1 aliphatic carbocycles. The van der Waals surface area contributed by atoms with Gasteiger partial charge in [-0.3, -0.25) is 9.78 Å². The van der Waals surface area contributed by atoms with Crippen molar-refractivity contribution in [2.45, 2.75) is 18.8 Å². The first-order valence-electron chi connectivity index (χ1n) is 7.11. The van der Waals surface area contributed by atoms with Gasteiger partial charge in [0.1, 0.15) is 5.82 Å². The number of amides is 1. The molecular formula is C15H16FN5O. The minimum Gasteiger partial charge on any atom is -0.366 e. The van der Waals surface area contributed by atoms with E-state index in [1.165, 1.54) is 18.5 Å². The molecule has 0 saturated heterocycles. The van der Waals surface area contributed by atoms with E-state index in [1.807, 2.05) is 0 Å². The van der Waals surface area contributed by atoms with E-state index in [4.69, 9.17) is 5.73 Å². The van der Waals surface area contributed by atoms with E-state index >= 15 is 0 Å². The largest absolute Gasteiger partial charge is 0.366 e. The highest BCUT2D eigenvalue weighted by atomic mass is 19.1. The molecule has 22 heavy (non-hydrogen) atoms. The Morgan fingerprint density at radius 1 is 1.32 bits per heavy atom. The summed E-state index contributed by atoms with van der Waals surface area (Å²) in [6.07, 6.45) is 6.32. The van der Waals surface area contributed by atoms with Gasteiger partial charge in [0.15, 0.2) is 0 Å². The second kappa shape index (κ2) is 6.05. The van der Waals surface area contributed by atoms with Crippen LogP contribution in [0.3, 0.4) is 0 Å². The predicted octanol–water partition coefficient (Wildman–Crippen LogP) is 1.72. The zero-order valence-corrected chi connectivity index (χ0v) is 11.9. The Kier molecular flexibility index (Phi) is 3.95. The number of halogens is 1. The lowest BCUT2D eigenvalue weighted by Crippen LogP contribution is -2.31. The summed E-state index contributed by atoms with van der Waals surface area (Å²) in [6, 6.07) is 3.04. The van der Waals surface area contributed by atoms with Crippen molar-refractivity contribution in [1.82, 2.24) is 15.0 Å². The van der Waals surface area contributed by atoms with Crippen LogP contribution >= 0.6 is 0 Å². The number of primary amides is 1. The maximum Gasteiger partial charge on any atom is 0.251 e. The van der Waals surface area contributed by atoms with Crippen LogP contribution in [-0.4, -0.2) is 27.4 Å². The average molecular weight is 301 g/mol. The SMILES string of the molecule is NC(=O)c1cnc(NCC2CCC2c2ncccc2F)nc1. The average Bonchev–Trinajstić information content (AvgIpc) is 2.49. The zero-order chi connectivity index (χ0) is 15.5. The van der Waals surface area contributed by atoms with Gasteiger partial charge < -0.3 is 11.1 Å². The van der Waals surface area contributed by atoms with Gasteiger partial charge in [0.05, 0.1) is 11.3 Å². The van der Waals surface area contributed by atoms with Crippen LogP contribution in [0.5, 0.6) is 0 Å². The summed E-state index contributed by atoms with van der Waals surface area (Å²) in [4.78, 5) is 23.2. The molecule has 7 heteroatoms. The molecule has 3 rings (SSSR count). The highest BCUT2D eigenvalue weighted by Crippen LogP contribution is 2.42. The number of hydrogen-bond acceptors (Lipinski definition) is 5. The van der Waals surface area contributed by atoms with Crippen LogP contribution in [0.1, 0.15) is 34.8 Å². The van der Waals surface area contributed by atoms with Gasteiger partial charge >= 0.3 is 0 Å². The maximum atomic E-state index is 13.8. The van der Waals surface area contributed by atoms with Gasteiger partial charge in [-0.05, 0) is 30.9 Å². The molecule has 2 heterocycles. The van der Waals surface area contributed by atoms with E-state index in [1.54, 1.807) is 12.3 Å². The number of anilines is 1. The molecule has 2 aromatic rings. The van der Waals surface area contributed by atoms with Crippen LogP contribution in [0.2, 0.25) is 0 Å². The third-order valence-corrected chi connectivity index (χ3v) is 4.01. The first-order chi connectivity index (χ1) is 10.6. The fourth-order valence-corrected chi connectivity index (χ4v) is 2.61. The molecule has 0 aromatic carbocycles. The van der Waals surface area contributed by atoms with E-state index in [-0.39, 0.29) is 17.3 Å². The molecular weight excluding hydrogens is 285 g/mol. The summed E-state index contributed by atoms with van der Waals surface area (Å²) in [6.45, 7) is 0.636. The lowest BCUT2D eigenvalue weighted by Gasteiger charge is -2.36. The van der Waals surface area contributed by atoms with Crippen LogP contribution in [0.4, 0.5) is 10.3 Å². The first kappa shape index (κ1) is 14.4. The molecule has 0 aliphatic heterocycles. The third kappa shape index (κ3) is 2.88. The summed E-state index contributed by atoms with van der Waals surface area (Å²) in [5.41, 5.74) is 5.93. The molecule has 2 unspecified atom stereocenters. The van der Waals surface area contributed by atoms with Gasteiger partial charge in [0.2, 0.25) is 5.95 Å². The zero-order valence-electron chi connectivity index (χ0n) is 11.9. The van der Waals surface area contributed by atoms with Gasteiger partial charge in [0, 0.05) is 31.1 Å². The number of pyridine rings is 1. The summed E-state index contributed by atoms with van der Waals surface area (Å²) in [5, 5.41) is 3.11. The second-order valence-corrected chi connectivity index (χ2v) is 5.35. The van der Waals surface area contributed by atoms with E-state index in [2.05, 4.69) is 20.3 Å². The molecule has 2 atom stereocenters. The minimum absolute atomic E-state index is 0.124. The Hall–Kier alpha value is -2.57. The molecule has 2 aromatic heterocycles. The number of hydrogen-bond donors (Lipinski definition) is 2. The quantitative estimate of drug-likeness (QED) is 0.877. The Morgan fingerprint density at radius 2 is 2.09 bits per heavy atom. The van der Waals surface area contributed by atoms with E-state index in [0.29, 0.717) is 24.1 Å². The van der Waals surface area contributed by atoms with Crippen molar-refractivity contribution in [3.8, 4) is 0 Å². The van der Waals surface area contributed by atoms with Crippen LogP contribution < -0.4 is 11.1 Å². The molecule has 0 bridgehead atoms. The lowest BCUT2D eigenvalue weighted by atomic mass is 9.71. The van der Waals surface area contributed by atoms with Crippen molar-refractivity contribution in [2.75, 3.05) is 11.9 Å². The number of rotatable bonds is 5. The minimum atomic E-state index is -0.559. The van der Waals surface area contributed by atoms with Gasteiger partial charge in [-0.15, -0.1) is 0 Å². The lowest BCUT2D eigenvalue weighted by molar-refractivity contribution is 0.0999. The van der Waals surface area contributed by atoms with E-state index in [9.17, 15) is 9.18 Å². The van der Waals surface area contributed by atoms with Crippen molar-refractivity contribution in [2.24, 2.45) is 11.7 Å². The van der Waals surface area contributed by atoms with E-state index < -0.39 is 5.91 Å². The predicted molar refractivity (Wildman–Crippen MR) is 78.7 cm³/mol. The Balaban J connectivity index is 1.60. The standard InChI is InChI=1S/C15H16FN5O/c16-12-2-1-5-18-13(12)11-4-3-9(11)6-19-15-20-7-10(8-21-15)14(17)22/h1-2,5,7-9,11H,3-4,6H2,(H2,17,22)(H,19,20,21). The maximum absolute atomic E-state index is 13.8. The molecule has 1 aliphatic rings. The second-order valence-electron chi connectivity index (χ2n) is 5.35. The molecule has 0 spiro atoms. The molecule has 1 fully saturated rings. The van der Waals surface area contributed by atoms with Gasteiger partial charge in [0.25, 0.3) is 5.91 Å². The fourth-order valence-electron chi connectivity index (χ4n) is 2.61. The summed E-state index contributed by atoms with van der Waals surface area (Å²) >= 11 is 0.